The van der Waals surface area contributed by atoms with E-state index in [-0.39, 0.29) is 6.03 Å². The van der Waals surface area contributed by atoms with Gasteiger partial charge in [-0.15, -0.1) is 0 Å². The molecule has 3 heterocycles. The number of rotatable bonds is 5. The second-order valence-electron chi connectivity index (χ2n) is 7.61. The van der Waals surface area contributed by atoms with Crippen molar-refractivity contribution >= 4 is 29.2 Å². The summed E-state index contributed by atoms with van der Waals surface area (Å²) in [5, 5.41) is 6.19. The Labute approximate surface area is 187 Å². The molecule has 1 aliphatic heterocycles. The van der Waals surface area contributed by atoms with Crippen LogP contribution < -0.4 is 20.3 Å². The number of carbonyl (C=O) groups is 1. The number of carbonyl (C=O) groups excluding carboxylic acids is 1. The van der Waals surface area contributed by atoms with E-state index in [1.165, 1.54) is 0 Å². The van der Waals surface area contributed by atoms with E-state index >= 15 is 0 Å². The first-order valence-electron chi connectivity index (χ1n) is 10.5. The second kappa shape index (κ2) is 9.51. The van der Waals surface area contributed by atoms with E-state index in [9.17, 15) is 4.79 Å². The molecule has 4 rings (SSSR count). The molecule has 0 saturated carbocycles. The predicted octanol–water partition coefficient (Wildman–Crippen LogP) is 3.59. The van der Waals surface area contributed by atoms with Crippen molar-refractivity contribution in [2.75, 3.05) is 48.8 Å². The zero-order valence-electron chi connectivity index (χ0n) is 18.5. The smallest absolute Gasteiger partial charge is 0.322 e. The number of methoxy groups -OCH3 is 1. The minimum atomic E-state index is -0.138. The highest BCUT2D eigenvalue weighted by Gasteiger charge is 2.23. The van der Waals surface area contributed by atoms with Gasteiger partial charge in [-0.1, -0.05) is 12.1 Å². The minimum absolute atomic E-state index is 0.138. The molecule has 0 bridgehead atoms. The maximum Gasteiger partial charge on any atom is 0.322 e. The zero-order valence-corrected chi connectivity index (χ0v) is 18.5. The number of pyridine rings is 1. The van der Waals surface area contributed by atoms with Crippen LogP contribution in [0.25, 0.3) is 0 Å². The minimum Gasteiger partial charge on any atom is -0.495 e. The number of nitrogens with one attached hydrogen (secondary N) is 2. The summed E-state index contributed by atoms with van der Waals surface area (Å²) in [7, 11) is 1.59. The number of urea groups is 1. The number of hydrogen-bond donors (Lipinski definition) is 2. The molecule has 2 N–H and O–H groups in total. The average Bonchev–Trinajstić information content (AvgIpc) is 2.79. The fourth-order valence-electron chi connectivity index (χ4n) is 3.59. The van der Waals surface area contributed by atoms with E-state index in [4.69, 9.17) is 4.74 Å². The summed E-state index contributed by atoms with van der Waals surface area (Å²) >= 11 is 0. The van der Waals surface area contributed by atoms with Crippen LogP contribution in [0, 0.1) is 13.8 Å². The van der Waals surface area contributed by atoms with Gasteiger partial charge >= 0.3 is 6.03 Å². The topological polar surface area (TPSA) is 95.5 Å². The van der Waals surface area contributed by atoms with Crippen LogP contribution in [-0.4, -0.2) is 59.2 Å². The summed E-state index contributed by atoms with van der Waals surface area (Å²) in [6.07, 6.45) is 1.77. The van der Waals surface area contributed by atoms with Crippen molar-refractivity contribution in [3.05, 3.63) is 60.0 Å². The van der Waals surface area contributed by atoms with Crippen LogP contribution in [0.2, 0.25) is 0 Å². The molecule has 9 heteroatoms. The lowest BCUT2D eigenvalue weighted by molar-refractivity contribution is 0.208. The van der Waals surface area contributed by atoms with E-state index in [1.807, 2.05) is 56.3 Å². The number of anilines is 4. The van der Waals surface area contributed by atoms with Gasteiger partial charge in [0.15, 0.2) is 0 Å². The van der Waals surface area contributed by atoms with Crippen LogP contribution in [0.5, 0.6) is 5.75 Å². The Morgan fingerprint density at radius 3 is 2.53 bits per heavy atom. The van der Waals surface area contributed by atoms with Crippen LogP contribution in [0.1, 0.15) is 11.4 Å². The number of para-hydroxylation sites is 2. The molecule has 1 fully saturated rings. The summed E-state index contributed by atoms with van der Waals surface area (Å²) in [6, 6.07) is 13.1. The van der Waals surface area contributed by atoms with Gasteiger partial charge in [0.1, 0.15) is 29.0 Å². The van der Waals surface area contributed by atoms with Crippen LogP contribution in [0.15, 0.2) is 48.7 Å². The lowest BCUT2D eigenvalue weighted by atomic mass is 10.3. The highest BCUT2D eigenvalue weighted by atomic mass is 16.5. The van der Waals surface area contributed by atoms with Gasteiger partial charge in [0.05, 0.1) is 12.8 Å². The Bertz CT molecular complexity index is 1100. The van der Waals surface area contributed by atoms with Gasteiger partial charge in [0, 0.05) is 38.4 Å². The lowest BCUT2D eigenvalue weighted by Gasteiger charge is -2.35. The van der Waals surface area contributed by atoms with E-state index in [2.05, 4.69) is 30.5 Å². The molecule has 32 heavy (non-hydrogen) atoms. The summed E-state index contributed by atoms with van der Waals surface area (Å²) < 4.78 is 5.31. The van der Waals surface area contributed by atoms with Gasteiger partial charge in [-0.05, 0) is 43.7 Å². The summed E-state index contributed by atoms with van der Waals surface area (Å²) in [5.41, 5.74) is 1.78. The third kappa shape index (κ3) is 5.05. The van der Waals surface area contributed by atoms with Gasteiger partial charge in [0.2, 0.25) is 0 Å². The van der Waals surface area contributed by atoms with Crippen molar-refractivity contribution in [1.82, 2.24) is 19.9 Å². The second-order valence-corrected chi connectivity index (χ2v) is 7.61. The molecule has 2 amide bonds. The van der Waals surface area contributed by atoms with E-state index in [1.54, 1.807) is 18.2 Å². The van der Waals surface area contributed by atoms with Crippen molar-refractivity contribution < 1.29 is 9.53 Å². The highest BCUT2D eigenvalue weighted by molar-refractivity contribution is 5.91. The fourth-order valence-corrected chi connectivity index (χ4v) is 3.59. The Kier molecular flexibility index (Phi) is 6.34. The van der Waals surface area contributed by atoms with Crippen molar-refractivity contribution in [3.63, 3.8) is 0 Å². The first-order valence-corrected chi connectivity index (χ1v) is 10.5. The number of hydrogen-bond acceptors (Lipinski definition) is 7. The van der Waals surface area contributed by atoms with E-state index < -0.39 is 0 Å². The molecule has 166 valence electrons. The summed E-state index contributed by atoms with van der Waals surface area (Å²) in [4.78, 5) is 30.1. The monoisotopic (exact) mass is 433 g/mol. The van der Waals surface area contributed by atoms with Gasteiger partial charge in [-0.3, -0.25) is 0 Å². The molecular formula is C23H27N7O2. The van der Waals surface area contributed by atoms with Gasteiger partial charge in [0.25, 0.3) is 0 Å². The molecule has 1 aromatic carbocycles. The average molecular weight is 434 g/mol. The van der Waals surface area contributed by atoms with Gasteiger partial charge in [-0.2, -0.15) is 0 Å². The Morgan fingerprint density at radius 1 is 1.00 bits per heavy atom. The quantitative estimate of drug-likeness (QED) is 0.635. The molecule has 0 aliphatic carbocycles. The normalized spacial score (nSPS) is 13.6. The van der Waals surface area contributed by atoms with Gasteiger partial charge < -0.3 is 25.2 Å². The summed E-state index contributed by atoms with van der Waals surface area (Å²) in [5.74, 6) is 3.58. The van der Waals surface area contributed by atoms with Crippen molar-refractivity contribution in [2.24, 2.45) is 0 Å². The third-order valence-electron chi connectivity index (χ3n) is 5.24. The van der Waals surface area contributed by atoms with Crippen LogP contribution in [0.4, 0.5) is 27.9 Å². The molecule has 1 saturated heterocycles. The molecule has 1 aliphatic rings. The number of amides is 2. The predicted molar refractivity (Wildman–Crippen MR) is 125 cm³/mol. The van der Waals surface area contributed by atoms with Crippen molar-refractivity contribution in [3.8, 4) is 5.75 Å². The number of ether oxygens (including phenoxy) is 1. The number of aryl methyl sites for hydroxylation is 2. The standard InChI is InChI=1S/C23H27N7O2/c1-16-8-9-24-20(14-16)28-21-15-22(26-17(2)25-21)29-10-12-30(13-11-29)23(31)27-18-6-4-5-7-19(18)32-3/h4-9,14-15H,10-13H2,1-3H3,(H,27,31)(H,24,25,26,28). The largest absolute Gasteiger partial charge is 0.495 e. The molecule has 0 spiro atoms. The number of nitrogens with zero attached hydrogens (tertiary/aromatic N) is 5. The van der Waals surface area contributed by atoms with E-state index in [0.29, 0.717) is 49.3 Å². The first kappa shape index (κ1) is 21.4. The number of aromatic nitrogens is 3. The molecule has 0 radical (unpaired) electrons. The van der Waals surface area contributed by atoms with E-state index in [0.717, 1.165) is 17.2 Å². The zero-order chi connectivity index (χ0) is 22.5. The molecule has 2 aromatic heterocycles. The Morgan fingerprint density at radius 2 is 1.78 bits per heavy atom. The molecule has 3 aromatic rings. The fraction of sp³-hybridized carbons (Fsp3) is 0.304. The SMILES string of the molecule is COc1ccccc1NC(=O)N1CCN(c2cc(Nc3cc(C)ccn3)nc(C)n2)CC1. The summed E-state index contributed by atoms with van der Waals surface area (Å²) in [6.45, 7) is 6.43. The number of piperazine rings is 1. The molecule has 0 atom stereocenters. The van der Waals surface area contributed by atoms with Gasteiger partial charge in [-0.25, -0.2) is 19.7 Å². The Hall–Kier alpha value is -3.88. The highest BCUT2D eigenvalue weighted by Crippen LogP contribution is 2.24. The lowest BCUT2D eigenvalue weighted by Crippen LogP contribution is -2.50. The molecular weight excluding hydrogens is 406 g/mol. The Balaban J connectivity index is 1.39. The molecule has 9 nitrogen and oxygen atoms in total. The maximum atomic E-state index is 12.7. The van der Waals surface area contributed by atoms with Crippen molar-refractivity contribution in [1.29, 1.82) is 0 Å². The first-order chi connectivity index (χ1) is 15.5. The maximum absolute atomic E-state index is 12.7. The molecule has 0 unspecified atom stereocenters. The van der Waals surface area contributed by atoms with Crippen LogP contribution in [0.3, 0.4) is 0 Å². The number of benzene rings is 1. The van der Waals surface area contributed by atoms with Crippen LogP contribution in [-0.2, 0) is 0 Å². The van der Waals surface area contributed by atoms with Crippen molar-refractivity contribution in [2.45, 2.75) is 13.8 Å². The third-order valence-corrected chi connectivity index (χ3v) is 5.24. The van der Waals surface area contributed by atoms with Crippen LogP contribution >= 0.6 is 0 Å².